The van der Waals surface area contributed by atoms with Gasteiger partial charge in [-0.2, -0.15) is 0 Å². The Labute approximate surface area is 271 Å². The summed E-state index contributed by atoms with van der Waals surface area (Å²) < 4.78 is 11.4. The third-order valence-electron chi connectivity index (χ3n) is 8.38. The third kappa shape index (κ3) is 8.89. The number of hydrogen-bond donors (Lipinski definition) is 0. The van der Waals surface area contributed by atoms with Crippen molar-refractivity contribution in [1.29, 1.82) is 0 Å². The normalized spacial score (nSPS) is 15.3. The fourth-order valence-electron chi connectivity index (χ4n) is 5.93. The zero-order chi connectivity index (χ0) is 31.4. The van der Waals surface area contributed by atoms with Crippen molar-refractivity contribution in [2.75, 3.05) is 52.5 Å². The second-order valence-corrected chi connectivity index (χ2v) is 11.7. The lowest BCUT2D eigenvalue weighted by atomic mass is 9.93. The van der Waals surface area contributed by atoms with Crippen LogP contribution in [0, 0.1) is 0 Å². The Morgan fingerprint density at radius 1 is 0.711 bits per heavy atom. The summed E-state index contributed by atoms with van der Waals surface area (Å²) >= 11 is 6.17. The van der Waals surface area contributed by atoms with Crippen molar-refractivity contribution in [3.05, 3.63) is 142 Å². The van der Waals surface area contributed by atoms with E-state index in [0.29, 0.717) is 30.8 Å². The van der Waals surface area contributed by atoms with Crippen molar-refractivity contribution >= 4 is 23.4 Å². The van der Waals surface area contributed by atoms with Crippen LogP contribution in [0.3, 0.4) is 0 Å². The Morgan fingerprint density at radius 2 is 1.33 bits per heavy atom. The van der Waals surface area contributed by atoms with Gasteiger partial charge in [0.2, 0.25) is 0 Å². The zero-order valence-corrected chi connectivity index (χ0v) is 26.6. The van der Waals surface area contributed by atoms with Gasteiger partial charge in [-0.25, -0.2) is 0 Å². The van der Waals surface area contributed by atoms with Gasteiger partial charge in [-0.3, -0.25) is 19.4 Å². The van der Waals surface area contributed by atoms with E-state index in [1.54, 1.807) is 24.3 Å². The van der Waals surface area contributed by atoms with Crippen LogP contribution in [0.2, 0.25) is 5.02 Å². The van der Waals surface area contributed by atoms with Crippen molar-refractivity contribution in [3.63, 3.8) is 0 Å². The van der Waals surface area contributed by atoms with E-state index < -0.39 is 5.92 Å². The molecule has 234 valence electrons. The highest BCUT2D eigenvalue weighted by atomic mass is 35.5. The lowest BCUT2D eigenvalue weighted by Crippen LogP contribution is -2.48. The summed E-state index contributed by atoms with van der Waals surface area (Å²) in [4.78, 5) is 30.8. The molecule has 1 aliphatic heterocycles. The van der Waals surface area contributed by atoms with E-state index in [1.807, 2.05) is 49.4 Å². The first-order valence-corrected chi connectivity index (χ1v) is 16.1. The van der Waals surface area contributed by atoms with Crippen molar-refractivity contribution in [1.82, 2.24) is 9.80 Å². The minimum absolute atomic E-state index is 0.0620. The predicted molar refractivity (Wildman–Crippen MR) is 179 cm³/mol. The van der Waals surface area contributed by atoms with Crippen LogP contribution in [0.25, 0.3) is 0 Å². The van der Waals surface area contributed by atoms with Crippen LogP contribution in [-0.4, -0.2) is 74.1 Å². The number of rotatable bonds is 14. The molecule has 0 aliphatic carbocycles. The van der Waals surface area contributed by atoms with Gasteiger partial charge in [-0.15, -0.1) is 0 Å². The molecule has 0 spiro atoms. The molecule has 0 N–H and O–H groups in total. The lowest BCUT2D eigenvalue weighted by molar-refractivity contribution is -0.147. The number of piperazine rings is 1. The number of carbonyl (C=O) groups is 2. The van der Waals surface area contributed by atoms with E-state index >= 15 is 0 Å². The molecule has 1 heterocycles. The Bertz CT molecular complexity index is 1510. The van der Waals surface area contributed by atoms with Crippen LogP contribution >= 0.6 is 11.6 Å². The molecule has 7 heteroatoms. The monoisotopic (exact) mass is 624 g/mol. The lowest BCUT2D eigenvalue weighted by Gasteiger charge is -2.39. The first kappa shape index (κ1) is 32.6. The van der Waals surface area contributed by atoms with Crippen molar-refractivity contribution in [2.45, 2.75) is 25.3 Å². The molecular weight excluding hydrogens is 584 g/mol. The number of halogens is 1. The SMILES string of the molecule is CCC(C(=O)OCCOCCN1CCN(C(c2ccccc2)c2ccc(Cl)cc2)CC1)c1cccc(C(=O)c2ccccc2)c1. The summed E-state index contributed by atoms with van der Waals surface area (Å²) in [5.74, 6) is -0.791. The molecule has 0 amide bonds. The molecule has 2 unspecified atom stereocenters. The smallest absolute Gasteiger partial charge is 0.313 e. The molecule has 0 radical (unpaired) electrons. The maximum absolute atomic E-state index is 12.9. The Kier molecular flexibility index (Phi) is 11.9. The van der Waals surface area contributed by atoms with Gasteiger partial charge in [-0.05, 0) is 41.3 Å². The van der Waals surface area contributed by atoms with Crippen LogP contribution in [-0.2, 0) is 14.3 Å². The van der Waals surface area contributed by atoms with Gasteiger partial charge in [0.1, 0.15) is 6.61 Å². The van der Waals surface area contributed by atoms with Gasteiger partial charge in [0.05, 0.1) is 25.2 Å². The highest BCUT2D eigenvalue weighted by molar-refractivity contribution is 6.30. The summed E-state index contributed by atoms with van der Waals surface area (Å²) in [6.45, 7) is 7.74. The Morgan fingerprint density at radius 3 is 2.02 bits per heavy atom. The number of hydrogen-bond acceptors (Lipinski definition) is 6. The Balaban J connectivity index is 1.04. The molecule has 4 aromatic carbocycles. The van der Waals surface area contributed by atoms with Crippen LogP contribution in [0.1, 0.15) is 57.9 Å². The third-order valence-corrected chi connectivity index (χ3v) is 8.63. The average Bonchev–Trinajstić information content (AvgIpc) is 3.09. The molecule has 0 aromatic heterocycles. The largest absolute Gasteiger partial charge is 0.463 e. The number of ketones is 1. The molecule has 1 saturated heterocycles. The second kappa shape index (κ2) is 16.5. The van der Waals surface area contributed by atoms with E-state index in [4.69, 9.17) is 21.1 Å². The molecule has 5 rings (SSSR count). The summed E-state index contributed by atoms with van der Waals surface area (Å²) in [6.07, 6.45) is 0.581. The van der Waals surface area contributed by atoms with Gasteiger partial charge in [-0.1, -0.05) is 110 Å². The summed E-state index contributed by atoms with van der Waals surface area (Å²) in [5, 5.41) is 0.748. The minimum Gasteiger partial charge on any atom is -0.463 e. The van der Waals surface area contributed by atoms with Crippen molar-refractivity contribution in [3.8, 4) is 0 Å². The molecule has 0 bridgehead atoms. The molecule has 0 saturated carbocycles. The molecule has 4 aromatic rings. The molecule has 1 aliphatic rings. The van der Waals surface area contributed by atoms with Crippen LogP contribution in [0.4, 0.5) is 0 Å². The molecule has 2 atom stereocenters. The Hall–Kier alpha value is -3.81. The predicted octanol–water partition coefficient (Wildman–Crippen LogP) is 7.03. The van der Waals surface area contributed by atoms with E-state index in [1.165, 1.54) is 11.1 Å². The van der Waals surface area contributed by atoms with E-state index in [-0.39, 0.29) is 24.4 Å². The summed E-state index contributed by atoms with van der Waals surface area (Å²) in [6, 6.07) is 35.5. The van der Waals surface area contributed by atoms with Gasteiger partial charge >= 0.3 is 5.97 Å². The number of nitrogens with zero attached hydrogens (tertiary/aromatic N) is 2. The van der Waals surface area contributed by atoms with Crippen LogP contribution in [0.15, 0.2) is 109 Å². The van der Waals surface area contributed by atoms with E-state index in [9.17, 15) is 9.59 Å². The van der Waals surface area contributed by atoms with Gasteiger partial charge < -0.3 is 9.47 Å². The first-order chi connectivity index (χ1) is 22.0. The van der Waals surface area contributed by atoms with E-state index in [2.05, 4.69) is 52.3 Å². The average molecular weight is 625 g/mol. The summed E-state index contributed by atoms with van der Waals surface area (Å²) in [7, 11) is 0. The van der Waals surface area contributed by atoms with E-state index in [0.717, 1.165) is 43.3 Å². The highest BCUT2D eigenvalue weighted by Crippen LogP contribution is 2.30. The number of esters is 1. The topological polar surface area (TPSA) is 59.1 Å². The fraction of sp³-hybridized carbons (Fsp3) is 0.316. The zero-order valence-electron chi connectivity index (χ0n) is 25.8. The summed E-state index contributed by atoms with van der Waals surface area (Å²) in [5.41, 5.74) is 4.50. The number of benzene rings is 4. The molecular formula is C38H41ClN2O4. The molecule has 6 nitrogen and oxygen atoms in total. The van der Waals surface area contributed by atoms with Gasteiger partial charge in [0.15, 0.2) is 5.78 Å². The maximum Gasteiger partial charge on any atom is 0.313 e. The number of carbonyl (C=O) groups excluding carboxylic acids is 2. The van der Waals surface area contributed by atoms with Crippen LogP contribution in [0.5, 0.6) is 0 Å². The van der Waals surface area contributed by atoms with Crippen LogP contribution < -0.4 is 0 Å². The molecule has 1 fully saturated rings. The van der Waals surface area contributed by atoms with Gasteiger partial charge in [0.25, 0.3) is 0 Å². The second-order valence-electron chi connectivity index (χ2n) is 11.3. The van der Waals surface area contributed by atoms with Crippen molar-refractivity contribution < 1.29 is 19.1 Å². The molecule has 45 heavy (non-hydrogen) atoms. The number of ether oxygens (including phenoxy) is 2. The minimum atomic E-state index is -0.433. The first-order valence-electron chi connectivity index (χ1n) is 15.7. The van der Waals surface area contributed by atoms with Gasteiger partial charge in [0, 0.05) is 48.9 Å². The quantitative estimate of drug-likeness (QED) is 0.0853. The standard InChI is InChI=1S/C38H41ClN2O4/c1-2-35(32-14-9-15-33(28-32)37(42)31-12-7-4-8-13-31)38(43)45-27-26-44-25-24-40-20-22-41(23-21-40)36(29-10-5-3-6-11-29)30-16-18-34(39)19-17-30/h3-19,28,35-36H,2,20-27H2,1H3. The fourth-order valence-corrected chi connectivity index (χ4v) is 6.05. The van der Waals surface area contributed by atoms with Crippen molar-refractivity contribution in [2.24, 2.45) is 0 Å². The highest BCUT2D eigenvalue weighted by Gasteiger charge is 2.26. The maximum atomic E-state index is 12.9.